The Balaban J connectivity index is 2.14. The van der Waals surface area contributed by atoms with Crippen molar-refractivity contribution >= 4 is 21.5 Å². The van der Waals surface area contributed by atoms with Crippen molar-refractivity contribution in [2.45, 2.75) is 35.8 Å². The van der Waals surface area contributed by atoms with Gasteiger partial charge in [0.15, 0.2) is 9.84 Å². The van der Waals surface area contributed by atoms with Crippen LogP contribution in [0.25, 0.3) is 0 Å². The fourth-order valence-corrected chi connectivity index (χ4v) is 4.32. The van der Waals surface area contributed by atoms with E-state index in [1.807, 2.05) is 0 Å². The van der Waals surface area contributed by atoms with Gasteiger partial charge in [-0.25, -0.2) is 8.42 Å². The normalized spacial score (nSPS) is 16.1. The van der Waals surface area contributed by atoms with E-state index >= 15 is 0 Å². The molecule has 0 radical (unpaired) electrons. The Kier molecular flexibility index (Phi) is 4.65. The van der Waals surface area contributed by atoms with Gasteiger partial charge in [-0.05, 0) is 31.0 Å². The van der Waals surface area contributed by atoms with E-state index in [2.05, 4.69) is 10.1 Å². The number of sulfone groups is 1. The molecule has 1 saturated carbocycles. The Labute approximate surface area is 119 Å². The van der Waals surface area contributed by atoms with Gasteiger partial charge in [-0.1, -0.05) is 18.9 Å². The summed E-state index contributed by atoms with van der Waals surface area (Å²) in [6.45, 7) is 0.0173. The van der Waals surface area contributed by atoms with Gasteiger partial charge in [-0.15, -0.1) is 0 Å². The van der Waals surface area contributed by atoms with Crippen molar-refractivity contribution in [3.63, 3.8) is 0 Å². The van der Waals surface area contributed by atoms with Gasteiger partial charge in [0.1, 0.15) is 6.54 Å². The van der Waals surface area contributed by atoms with Crippen molar-refractivity contribution in [1.82, 2.24) is 0 Å². The molecular weight excluding hydrogens is 278 g/mol. The van der Waals surface area contributed by atoms with Crippen LogP contribution in [-0.4, -0.2) is 33.3 Å². The topological polar surface area (TPSA) is 72.5 Å². The molecule has 0 aliphatic heterocycles. The zero-order valence-electron chi connectivity index (χ0n) is 11.5. The first-order chi connectivity index (χ1) is 9.54. The number of carbonyl (C=O) groups excluding carboxylic acids is 1. The van der Waals surface area contributed by atoms with Crippen molar-refractivity contribution in [3.05, 3.63) is 24.3 Å². The molecule has 1 aromatic carbocycles. The van der Waals surface area contributed by atoms with E-state index in [9.17, 15) is 13.2 Å². The second-order valence-corrected chi connectivity index (χ2v) is 7.14. The van der Waals surface area contributed by atoms with Crippen molar-refractivity contribution < 1.29 is 17.9 Å². The predicted octanol–water partition coefficient (Wildman–Crippen LogP) is 1.99. The minimum atomic E-state index is -3.26. The summed E-state index contributed by atoms with van der Waals surface area (Å²) in [5, 5.41) is 2.59. The molecule has 6 heteroatoms. The van der Waals surface area contributed by atoms with Gasteiger partial charge in [0.25, 0.3) is 0 Å². The standard InChI is InChI=1S/C14H19NO4S/c1-19-14(16)10-15-11-5-4-8-13(9-11)20(17,18)12-6-2-3-7-12/h4-5,8-9,12,15H,2-3,6-7,10H2,1H3. The van der Waals surface area contributed by atoms with Crippen LogP contribution in [0.5, 0.6) is 0 Å². The van der Waals surface area contributed by atoms with E-state index in [4.69, 9.17) is 0 Å². The summed E-state index contributed by atoms with van der Waals surface area (Å²) in [6.07, 6.45) is 3.43. The van der Waals surface area contributed by atoms with Gasteiger partial charge < -0.3 is 10.1 Å². The molecule has 1 N–H and O–H groups in total. The Morgan fingerprint density at radius 1 is 1.35 bits per heavy atom. The molecule has 0 amide bonds. The fourth-order valence-electron chi connectivity index (χ4n) is 2.42. The largest absolute Gasteiger partial charge is 0.468 e. The average Bonchev–Trinajstić information content (AvgIpc) is 3.00. The van der Waals surface area contributed by atoms with Gasteiger partial charge in [0.2, 0.25) is 0 Å². The number of carbonyl (C=O) groups is 1. The van der Waals surface area contributed by atoms with E-state index in [1.165, 1.54) is 7.11 Å². The lowest BCUT2D eigenvalue weighted by molar-refractivity contribution is -0.138. The molecule has 0 aromatic heterocycles. The van der Waals surface area contributed by atoms with Crippen LogP contribution < -0.4 is 5.32 Å². The predicted molar refractivity (Wildman–Crippen MR) is 76.4 cm³/mol. The van der Waals surface area contributed by atoms with Crippen LogP contribution in [-0.2, 0) is 19.4 Å². The third kappa shape index (κ3) is 3.30. The highest BCUT2D eigenvalue weighted by Gasteiger charge is 2.30. The number of rotatable bonds is 5. The molecule has 0 unspecified atom stereocenters. The molecule has 0 spiro atoms. The summed E-state index contributed by atoms with van der Waals surface area (Å²) in [7, 11) is -1.95. The number of benzene rings is 1. The summed E-state index contributed by atoms with van der Waals surface area (Å²) in [5.74, 6) is -0.394. The lowest BCUT2D eigenvalue weighted by Gasteiger charge is -2.12. The third-order valence-corrected chi connectivity index (χ3v) is 5.83. The smallest absolute Gasteiger partial charge is 0.325 e. The molecular formula is C14H19NO4S. The second-order valence-electron chi connectivity index (χ2n) is 4.91. The first-order valence-electron chi connectivity index (χ1n) is 6.68. The molecule has 110 valence electrons. The summed E-state index contributed by atoms with van der Waals surface area (Å²) >= 11 is 0. The maximum Gasteiger partial charge on any atom is 0.325 e. The lowest BCUT2D eigenvalue weighted by Crippen LogP contribution is -2.18. The SMILES string of the molecule is COC(=O)CNc1cccc(S(=O)(=O)C2CCCC2)c1. The fraction of sp³-hybridized carbons (Fsp3) is 0.500. The second kappa shape index (κ2) is 6.26. The molecule has 1 aromatic rings. The third-order valence-electron chi connectivity index (χ3n) is 3.57. The van der Waals surface area contributed by atoms with E-state index in [0.29, 0.717) is 10.6 Å². The molecule has 2 rings (SSSR count). The molecule has 1 aliphatic carbocycles. The molecule has 20 heavy (non-hydrogen) atoms. The van der Waals surface area contributed by atoms with Crippen molar-refractivity contribution in [1.29, 1.82) is 0 Å². The highest BCUT2D eigenvalue weighted by Crippen LogP contribution is 2.30. The lowest BCUT2D eigenvalue weighted by atomic mass is 10.3. The van der Waals surface area contributed by atoms with Crippen LogP contribution in [0.1, 0.15) is 25.7 Å². The quantitative estimate of drug-likeness (QED) is 0.841. The first-order valence-corrected chi connectivity index (χ1v) is 8.23. The van der Waals surface area contributed by atoms with Gasteiger partial charge in [-0.3, -0.25) is 4.79 Å². The van der Waals surface area contributed by atoms with Gasteiger partial charge in [0.05, 0.1) is 17.3 Å². The number of methoxy groups -OCH3 is 1. The summed E-state index contributed by atoms with van der Waals surface area (Å²) in [6, 6.07) is 6.60. The average molecular weight is 297 g/mol. The number of hydrogen-bond acceptors (Lipinski definition) is 5. The van der Waals surface area contributed by atoms with Crippen molar-refractivity contribution in [2.75, 3.05) is 19.0 Å². The highest BCUT2D eigenvalue weighted by atomic mass is 32.2. The molecule has 0 atom stereocenters. The van der Waals surface area contributed by atoms with E-state index in [-0.39, 0.29) is 11.8 Å². The van der Waals surface area contributed by atoms with Crippen LogP contribution in [0.2, 0.25) is 0 Å². The van der Waals surface area contributed by atoms with Crippen LogP contribution >= 0.6 is 0 Å². The molecule has 0 heterocycles. The summed E-state index contributed by atoms with van der Waals surface area (Å²) in [5.41, 5.74) is 0.606. The monoisotopic (exact) mass is 297 g/mol. The molecule has 0 bridgehead atoms. The van der Waals surface area contributed by atoms with Gasteiger partial charge in [-0.2, -0.15) is 0 Å². The Morgan fingerprint density at radius 2 is 2.05 bits per heavy atom. The first kappa shape index (κ1) is 14.8. The Morgan fingerprint density at radius 3 is 2.70 bits per heavy atom. The summed E-state index contributed by atoms with van der Waals surface area (Å²) in [4.78, 5) is 11.4. The highest BCUT2D eigenvalue weighted by molar-refractivity contribution is 7.92. The summed E-state index contributed by atoms with van der Waals surface area (Å²) < 4.78 is 29.5. The number of esters is 1. The van der Waals surface area contributed by atoms with Crippen molar-refractivity contribution in [2.24, 2.45) is 0 Å². The zero-order valence-corrected chi connectivity index (χ0v) is 12.3. The Hall–Kier alpha value is -1.56. The van der Waals surface area contributed by atoms with Crippen LogP contribution in [0.15, 0.2) is 29.2 Å². The molecule has 1 fully saturated rings. The van der Waals surface area contributed by atoms with Crippen LogP contribution in [0, 0.1) is 0 Å². The maximum atomic E-state index is 12.5. The zero-order chi connectivity index (χ0) is 14.6. The number of ether oxygens (including phenoxy) is 1. The van der Waals surface area contributed by atoms with Crippen LogP contribution in [0.4, 0.5) is 5.69 Å². The van der Waals surface area contributed by atoms with Crippen LogP contribution in [0.3, 0.4) is 0 Å². The number of anilines is 1. The van der Waals surface area contributed by atoms with Crippen molar-refractivity contribution in [3.8, 4) is 0 Å². The maximum absolute atomic E-state index is 12.5. The minimum Gasteiger partial charge on any atom is -0.468 e. The van der Waals surface area contributed by atoms with Gasteiger partial charge in [0, 0.05) is 5.69 Å². The number of nitrogens with one attached hydrogen (secondary N) is 1. The Bertz CT molecular complexity index is 577. The van der Waals surface area contributed by atoms with E-state index < -0.39 is 15.8 Å². The minimum absolute atomic E-state index is 0.0173. The molecule has 5 nitrogen and oxygen atoms in total. The molecule has 0 saturated heterocycles. The number of hydrogen-bond donors (Lipinski definition) is 1. The molecule has 1 aliphatic rings. The van der Waals surface area contributed by atoms with Gasteiger partial charge >= 0.3 is 5.97 Å². The van der Waals surface area contributed by atoms with E-state index in [0.717, 1.165) is 25.7 Å². The van der Waals surface area contributed by atoms with E-state index in [1.54, 1.807) is 24.3 Å².